The van der Waals surface area contributed by atoms with Crippen LogP contribution in [0.4, 0.5) is 26.3 Å². The number of benzene rings is 1. The van der Waals surface area contributed by atoms with E-state index in [4.69, 9.17) is 5.26 Å². The normalized spacial score (nSPS) is 22.0. The fraction of sp³-hybridized carbons (Fsp3) is 0.353. The lowest BCUT2D eigenvalue weighted by atomic mass is 9.82. The van der Waals surface area contributed by atoms with Crippen LogP contribution in [0.25, 0.3) is 5.69 Å². The Labute approximate surface area is 144 Å². The molecule has 1 aromatic heterocycles. The van der Waals surface area contributed by atoms with Crippen LogP contribution in [0.15, 0.2) is 24.4 Å². The molecule has 3 rings (SSSR count). The van der Waals surface area contributed by atoms with Crippen molar-refractivity contribution >= 4 is 0 Å². The van der Waals surface area contributed by atoms with E-state index in [-0.39, 0.29) is 16.9 Å². The molecule has 1 N–H and O–H groups in total. The standard InChI is InChI=1S/C17H12F6N2O/c1-8-4-13-14(15(26)16(8,19)20)10(17(21,22)23)7-25(13)12-3-2-9(6-24)5-11(12)18/h2-3,5,7-8,15,26H,4H2,1H3/t8?,15-/m0/s1. The van der Waals surface area contributed by atoms with Gasteiger partial charge in [0.05, 0.1) is 22.9 Å². The minimum Gasteiger partial charge on any atom is -0.382 e. The second-order valence-corrected chi connectivity index (χ2v) is 6.23. The maximum Gasteiger partial charge on any atom is 0.418 e. The molecule has 2 atom stereocenters. The van der Waals surface area contributed by atoms with Crippen molar-refractivity contribution in [1.29, 1.82) is 5.26 Å². The van der Waals surface area contributed by atoms with Gasteiger partial charge < -0.3 is 9.67 Å². The number of aromatic nitrogens is 1. The van der Waals surface area contributed by atoms with Gasteiger partial charge in [0.25, 0.3) is 5.92 Å². The highest BCUT2D eigenvalue weighted by Gasteiger charge is 2.54. The van der Waals surface area contributed by atoms with Crippen molar-refractivity contribution in [3.8, 4) is 11.8 Å². The summed E-state index contributed by atoms with van der Waals surface area (Å²) in [5.41, 5.74) is -2.96. The number of halogens is 6. The number of fused-ring (bicyclic) bond motifs is 1. The van der Waals surface area contributed by atoms with Crippen molar-refractivity contribution in [1.82, 2.24) is 4.57 Å². The molecule has 0 saturated heterocycles. The number of aliphatic hydroxyl groups excluding tert-OH is 1. The minimum atomic E-state index is -5.00. The van der Waals surface area contributed by atoms with E-state index in [0.29, 0.717) is 6.20 Å². The molecule has 0 spiro atoms. The molecule has 3 nitrogen and oxygen atoms in total. The van der Waals surface area contributed by atoms with Gasteiger partial charge in [0.1, 0.15) is 11.9 Å². The third-order valence-corrected chi connectivity index (χ3v) is 4.59. The average Bonchev–Trinajstić information content (AvgIpc) is 2.92. The van der Waals surface area contributed by atoms with Crippen molar-refractivity contribution < 1.29 is 31.4 Å². The van der Waals surface area contributed by atoms with Crippen molar-refractivity contribution in [2.24, 2.45) is 5.92 Å². The first-order valence-electron chi connectivity index (χ1n) is 7.55. The highest BCUT2D eigenvalue weighted by Crippen LogP contribution is 2.50. The van der Waals surface area contributed by atoms with Crippen LogP contribution in [0.2, 0.25) is 0 Å². The highest BCUT2D eigenvalue weighted by molar-refractivity contribution is 5.49. The number of aliphatic hydroxyl groups is 1. The van der Waals surface area contributed by atoms with Crippen LogP contribution >= 0.6 is 0 Å². The van der Waals surface area contributed by atoms with Gasteiger partial charge in [-0.05, 0) is 24.6 Å². The Morgan fingerprint density at radius 1 is 1.31 bits per heavy atom. The van der Waals surface area contributed by atoms with Gasteiger partial charge in [0.2, 0.25) is 0 Å². The predicted molar refractivity (Wildman–Crippen MR) is 78.2 cm³/mol. The third-order valence-electron chi connectivity index (χ3n) is 4.59. The van der Waals surface area contributed by atoms with Crippen molar-refractivity contribution in [3.63, 3.8) is 0 Å². The number of alkyl halides is 5. The zero-order valence-corrected chi connectivity index (χ0v) is 13.3. The number of rotatable bonds is 1. The summed E-state index contributed by atoms with van der Waals surface area (Å²) in [4.78, 5) is 0. The second kappa shape index (κ2) is 5.77. The lowest BCUT2D eigenvalue weighted by Gasteiger charge is -2.34. The van der Waals surface area contributed by atoms with Gasteiger partial charge in [0.15, 0.2) is 0 Å². The van der Waals surface area contributed by atoms with Gasteiger partial charge in [-0.25, -0.2) is 13.2 Å². The van der Waals surface area contributed by atoms with Gasteiger partial charge in [-0.1, -0.05) is 6.92 Å². The smallest absolute Gasteiger partial charge is 0.382 e. The molecule has 2 aromatic rings. The van der Waals surface area contributed by atoms with E-state index in [1.807, 2.05) is 0 Å². The Morgan fingerprint density at radius 2 is 1.96 bits per heavy atom. The van der Waals surface area contributed by atoms with Crippen LogP contribution in [0.3, 0.4) is 0 Å². The predicted octanol–water partition coefficient (Wildman–Crippen LogP) is 4.37. The van der Waals surface area contributed by atoms with E-state index in [2.05, 4.69) is 0 Å². The maximum absolute atomic E-state index is 14.3. The van der Waals surface area contributed by atoms with Crippen molar-refractivity contribution in [2.75, 3.05) is 0 Å². The molecule has 1 aromatic carbocycles. The van der Waals surface area contributed by atoms with Crippen LogP contribution in [0, 0.1) is 23.1 Å². The van der Waals surface area contributed by atoms with E-state index in [1.165, 1.54) is 6.07 Å². The molecule has 0 aliphatic heterocycles. The molecule has 0 bridgehead atoms. The summed E-state index contributed by atoms with van der Waals surface area (Å²) in [6, 6.07) is 4.83. The first kappa shape index (κ1) is 18.3. The van der Waals surface area contributed by atoms with Gasteiger partial charge in [0, 0.05) is 23.4 Å². The molecule has 1 unspecified atom stereocenters. The van der Waals surface area contributed by atoms with E-state index in [0.717, 1.165) is 23.6 Å². The molecule has 1 aliphatic carbocycles. The van der Waals surface area contributed by atoms with E-state index < -0.39 is 47.5 Å². The number of hydrogen-bond donors (Lipinski definition) is 1. The van der Waals surface area contributed by atoms with Crippen molar-refractivity contribution in [3.05, 3.63) is 52.6 Å². The fourth-order valence-electron chi connectivity index (χ4n) is 3.18. The Balaban J connectivity index is 2.29. The molecule has 0 saturated carbocycles. The second-order valence-electron chi connectivity index (χ2n) is 6.23. The number of nitrogens with zero attached hydrogens (tertiary/aromatic N) is 2. The minimum absolute atomic E-state index is 0.0387. The quantitative estimate of drug-likeness (QED) is 0.754. The summed E-state index contributed by atoms with van der Waals surface area (Å²) in [6.45, 7) is 1.10. The number of nitriles is 1. The molecular formula is C17H12F6N2O. The molecular weight excluding hydrogens is 362 g/mol. The van der Waals surface area contributed by atoms with Gasteiger partial charge in [-0.3, -0.25) is 0 Å². The molecule has 1 aliphatic rings. The SMILES string of the molecule is CC1Cc2c(c(C(F)(F)F)cn2-c2ccc(C#N)cc2F)[C@H](O)C1(F)F. The Kier molecular flexibility index (Phi) is 4.07. The molecule has 26 heavy (non-hydrogen) atoms. The maximum atomic E-state index is 14.3. The van der Waals surface area contributed by atoms with Crippen molar-refractivity contribution in [2.45, 2.75) is 31.5 Å². The molecule has 0 radical (unpaired) electrons. The Morgan fingerprint density at radius 3 is 2.50 bits per heavy atom. The summed E-state index contributed by atoms with van der Waals surface area (Å²) in [5.74, 6) is -6.17. The summed E-state index contributed by atoms with van der Waals surface area (Å²) in [6.07, 6.45) is -7.63. The van der Waals surface area contributed by atoms with Crippen LogP contribution in [0.5, 0.6) is 0 Å². The van der Waals surface area contributed by atoms with Gasteiger partial charge >= 0.3 is 6.18 Å². The molecule has 0 fully saturated rings. The van der Waals surface area contributed by atoms with Gasteiger partial charge in [-0.2, -0.15) is 18.4 Å². The molecule has 138 valence electrons. The summed E-state index contributed by atoms with van der Waals surface area (Å²) in [7, 11) is 0. The van der Waals surface area contributed by atoms with E-state index in [9.17, 15) is 31.4 Å². The topological polar surface area (TPSA) is 49.0 Å². The third kappa shape index (κ3) is 2.65. The number of hydrogen-bond acceptors (Lipinski definition) is 2. The first-order chi connectivity index (χ1) is 12.0. The highest BCUT2D eigenvalue weighted by atomic mass is 19.4. The molecule has 9 heteroatoms. The summed E-state index contributed by atoms with van der Waals surface area (Å²) >= 11 is 0. The van der Waals surface area contributed by atoms with Crippen LogP contribution in [-0.2, 0) is 12.6 Å². The van der Waals surface area contributed by atoms with E-state index in [1.54, 1.807) is 6.07 Å². The lowest BCUT2D eigenvalue weighted by molar-refractivity contribution is -0.162. The van der Waals surface area contributed by atoms with Crippen LogP contribution in [-0.4, -0.2) is 15.6 Å². The zero-order valence-electron chi connectivity index (χ0n) is 13.3. The monoisotopic (exact) mass is 374 g/mol. The molecule has 1 heterocycles. The van der Waals surface area contributed by atoms with Crippen LogP contribution < -0.4 is 0 Å². The van der Waals surface area contributed by atoms with E-state index >= 15 is 0 Å². The van der Waals surface area contributed by atoms with Gasteiger partial charge in [-0.15, -0.1) is 0 Å². The first-order valence-corrected chi connectivity index (χ1v) is 7.55. The molecule has 0 amide bonds. The Bertz CT molecular complexity index is 909. The average molecular weight is 374 g/mol. The Hall–Kier alpha value is -2.47. The zero-order chi connectivity index (χ0) is 19.4. The van der Waals surface area contributed by atoms with Crippen LogP contribution in [0.1, 0.15) is 35.4 Å². The summed E-state index contributed by atoms with van der Waals surface area (Å²) < 4.78 is 83.3. The fourth-order valence-corrected chi connectivity index (χ4v) is 3.18. The lowest BCUT2D eigenvalue weighted by Crippen LogP contribution is -2.40. The largest absolute Gasteiger partial charge is 0.418 e. The summed E-state index contributed by atoms with van der Waals surface area (Å²) in [5, 5.41) is 18.7.